The van der Waals surface area contributed by atoms with Crippen LogP contribution in [0.5, 0.6) is 0 Å². The van der Waals surface area contributed by atoms with E-state index in [0.29, 0.717) is 5.76 Å². The van der Waals surface area contributed by atoms with Crippen molar-refractivity contribution in [2.75, 3.05) is 21.3 Å². The molecule has 0 unspecified atom stereocenters. The third-order valence-electron chi connectivity index (χ3n) is 4.78. The van der Waals surface area contributed by atoms with Crippen molar-refractivity contribution in [1.29, 1.82) is 0 Å². The first-order valence-electron chi connectivity index (χ1n) is 9.89. The van der Waals surface area contributed by atoms with Crippen LogP contribution in [0.1, 0.15) is 63.7 Å². The quantitative estimate of drug-likeness (QED) is 0.392. The minimum atomic E-state index is -2.22. The van der Waals surface area contributed by atoms with E-state index in [0.717, 1.165) is 51.6 Å². The number of methoxy groups -OCH3 is 3. The van der Waals surface area contributed by atoms with Gasteiger partial charge < -0.3 is 24.1 Å². The minimum Gasteiger partial charge on any atom is -0.467 e. The second-order valence-corrected chi connectivity index (χ2v) is 7.06. The van der Waals surface area contributed by atoms with Gasteiger partial charge in [0.25, 0.3) is 5.56 Å². The van der Waals surface area contributed by atoms with Gasteiger partial charge in [-0.05, 0) is 12.8 Å². The van der Waals surface area contributed by atoms with E-state index in [4.69, 9.17) is 18.7 Å². The van der Waals surface area contributed by atoms with E-state index < -0.39 is 35.4 Å². The third kappa shape index (κ3) is 5.50. The molecule has 0 spiro atoms. The molecule has 10 heteroatoms. The van der Waals surface area contributed by atoms with E-state index in [1.165, 1.54) is 7.11 Å². The fourth-order valence-electron chi connectivity index (χ4n) is 3.55. The molecule has 1 heterocycles. The molecule has 1 aromatic heterocycles. The first kappa shape index (κ1) is 25.4. The summed E-state index contributed by atoms with van der Waals surface area (Å²) in [6, 6.07) is 0. The normalized spacial score (nSPS) is 11.4. The van der Waals surface area contributed by atoms with Crippen LogP contribution in [0.25, 0.3) is 0 Å². The number of esters is 2. The molecule has 0 aliphatic heterocycles. The van der Waals surface area contributed by atoms with Gasteiger partial charge in [0.2, 0.25) is 11.4 Å². The molecule has 1 aromatic rings. The molecule has 1 amide bonds. The summed E-state index contributed by atoms with van der Waals surface area (Å²) in [5, 5.41) is 2.33. The number of aromatic nitrogens is 1. The predicted octanol–water partition coefficient (Wildman–Crippen LogP) is 1.49. The summed E-state index contributed by atoms with van der Waals surface area (Å²) in [6.07, 6.45) is 2.70. The Morgan fingerprint density at radius 2 is 1.60 bits per heavy atom. The lowest BCUT2D eigenvalue weighted by molar-refractivity contribution is -0.165. The summed E-state index contributed by atoms with van der Waals surface area (Å²) in [5.41, 5.74) is -2.67. The van der Waals surface area contributed by atoms with Crippen molar-refractivity contribution >= 4 is 17.8 Å². The maximum atomic E-state index is 13.1. The molecule has 0 radical (unpaired) electrons. The van der Waals surface area contributed by atoms with Crippen molar-refractivity contribution in [3.63, 3.8) is 0 Å². The van der Waals surface area contributed by atoms with Gasteiger partial charge >= 0.3 is 11.9 Å². The van der Waals surface area contributed by atoms with Crippen molar-refractivity contribution in [3.8, 4) is 0 Å². The Kier molecular flexibility index (Phi) is 9.77. The Morgan fingerprint density at radius 1 is 1.07 bits per heavy atom. The molecular weight excluding hydrogens is 396 g/mol. The lowest BCUT2D eigenvalue weighted by Crippen LogP contribution is -2.62. The summed E-state index contributed by atoms with van der Waals surface area (Å²) < 4.78 is 21.4. The molecule has 170 valence electrons. The van der Waals surface area contributed by atoms with Gasteiger partial charge in [-0.2, -0.15) is 0 Å². The summed E-state index contributed by atoms with van der Waals surface area (Å²) >= 11 is 0. The average Bonchev–Trinajstić information content (AvgIpc) is 3.01. The van der Waals surface area contributed by atoms with Crippen LogP contribution in [0.4, 0.5) is 0 Å². The maximum Gasteiger partial charge on any atom is 0.343 e. The standard InChI is InChI=1S/C20H32N2O8/c1-7-9-14(10-8-2)16-15(17(24)22(30-16)12-27-4)11-20(18(25)28-5,19(26)29-6)21-13(3)23/h14H,7-12H2,1-6H3,(H,21,23). The molecule has 0 aliphatic carbocycles. The van der Waals surface area contributed by atoms with Gasteiger partial charge in [0.05, 0.1) is 19.8 Å². The summed E-state index contributed by atoms with van der Waals surface area (Å²) in [4.78, 5) is 50.2. The van der Waals surface area contributed by atoms with E-state index in [2.05, 4.69) is 5.32 Å². The summed E-state index contributed by atoms with van der Waals surface area (Å²) in [6.45, 7) is 5.03. The Morgan fingerprint density at radius 3 is 2.00 bits per heavy atom. The third-order valence-corrected chi connectivity index (χ3v) is 4.78. The molecule has 30 heavy (non-hydrogen) atoms. The van der Waals surface area contributed by atoms with E-state index in [-0.39, 0.29) is 18.2 Å². The number of nitrogens with zero attached hydrogens (tertiary/aromatic N) is 1. The molecule has 1 rings (SSSR count). The number of amides is 1. The summed E-state index contributed by atoms with van der Waals surface area (Å²) in [5.74, 6) is -2.49. The van der Waals surface area contributed by atoms with E-state index >= 15 is 0 Å². The highest BCUT2D eigenvalue weighted by Gasteiger charge is 2.51. The van der Waals surface area contributed by atoms with Crippen LogP contribution in [-0.2, 0) is 41.7 Å². The lowest BCUT2D eigenvalue weighted by Gasteiger charge is -2.28. The Labute approximate surface area is 175 Å². The Hall–Kier alpha value is -2.62. The highest BCUT2D eigenvalue weighted by Crippen LogP contribution is 2.31. The van der Waals surface area contributed by atoms with Crippen LogP contribution < -0.4 is 10.9 Å². The Bertz CT molecular complexity index is 773. The zero-order valence-electron chi connectivity index (χ0n) is 18.5. The van der Waals surface area contributed by atoms with Crippen LogP contribution in [0.15, 0.2) is 9.32 Å². The van der Waals surface area contributed by atoms with Gasteiger partial charge in [0.1, 0.15) is 5.76 Å². The minimum absolute atomic E-state index is 0.100. The molecule has 10 nitrogen and oxygen atoms in total. The van der Waals surface area contributed by atoms with Gasteiger partial charge in [0, 0.05) is 26.4 Å². The van der Waals surface area contributed by atoms with Crippen molar-refractivity contribution in [1.82, 2.24) is 10.1 Å². The molecular formula is C20H32N2O8. The fraction of sp³-hybridized carbons (Fsp3) is 0.700. The van der Waals surface area contributed by atoms with Gasteiger partial charge in [-0.25, -0.2) is 9.59 Å². The van der Waals surface area contributed by atoms with Crippen molar-refractivity contribution < 1.29 is 33.1 Å². The monoisotopic (exact) mass is 428 g/mol. The number of carbonyl (C=O) groups is 3. The molecule has 0 saturated heterocycles. The van der Waals surface area contributed by atoms with Crippen LogP contribution in [0.3, 0.4) is 0 Å². The lowest BCUT2D eigenvalue weighted by atomic mass is 9.86. The van der Waals surface area contributed by atoms with Crippen LogP contribution in [0, 0.1) is 0 Å². The largest absolute Gasteiger partial charge is 0.467 e. The molecule has 0 atom stereocenters. The molecule has 0 aliphatic rings. The van der Waals surface area contributed by atoms with E-state index in [1.54, 1.807) is 0 Å². The second-order valence-electron chi connectivity index (χ2n) is 7.06. The highest BCUT2D eigenvalue weighted by molar-refractivity contribution is 6.08. The first-order chi connectivity index (χ1) is 14.2. The fourth-order valence-corrected chi connectivity index (χ4v) is 3.55. The molecule has 0 saturated carbocycles. The number of ether oxygens (including phenoxy) is 3. The number of hydrogen-bond acceptors (Lipinski definition) is 8. The molecule has 0 fully saturated rings. The van der Waals surface area contributed by atoms with Crippen LogP contribution in [-0.4, -0.2) is 49.5 Å². The van der Waals surface area contributed by atoms with Gasteiger partial charge in [-0.1, -0.05) is 26.7 Å². The average molecular weight is 428 g/mol. The Balaban J connectivity index is 3.71. The topological polar surface area (TPSA) is 126 Å². The SMILES string of the molecule is CCCC(CCC)c1on(COC)c(=O)c1CC(NC(C)=O)(C(=O)OC)C(=O)OC. The summed E-state index contributed by atoms with van der Waals surface area (Å²) in [7, 11) is 3.57. The zero-order valence-corrected chi connectivity index (χ0v) is 18.5. The number of rotatable bonds is 12. The number of carbonyl (C=O) groups excluding carboxylic acids is 3. The van der Waals surface area contributed by atoms with Gasteiger partial charge in [-0.3, -0.25) is 9.59 Å². The van der Waals surface area contributed by atoms with Crippen molar-refractivity contribution in [2.45, 2.75) is 71.1 Å². The van der Waals surface area contributed by atoms with Crippen molar-refractivity contribution in [3.05, 3.63) is 21.7 Å². The predicted molar refractivity (Wildman–Crippen MR) is 107 cm³/mol. The first-order valence-corrected chi connectivity index (χ1v) is 9.89. The smallest absolute Gasteiger partial charge is 0.343 e. The highest BCUT2D eigenvalue weighted by atomic mass is 16.6. The molecule has 1 N–H and O–H groups in total. The van der Waals surface area contributed by atoms with Gasteiger partial charge in [-0.15, -0.1) is 4.74 Å². The molecule has 0 bridgehead atoms. The van der Waals surface area contributed by atoms with Gasteiger partial charge in [0.15, 0.2) is 6.73 Å². The number of hydrogen-bond donors (Lipinski definition) is 1. The number of nitrogens with one attached hydrogen (secondary N) is 1. The maximum absolute atomic E-state index is 13.1. The van der Waals surface area contributed by atoms with Crippen molar-refractivity contribution in [2.24, 2.45) is 0 Å². The van der Waals surface area contributed by atoms with Crippen LogP contribution >= 0.6 is 0 Å². The second kappa shape index (κ2) is 11.5. The zero-order chi connectivity index (χ0) is 22.9. The molecule has 0 aromatic carbocycles. The van der Waals surface area contributed by atoms with Crippen LogP contribution in [0.2, 0.25) is 0 Å². The van der Waals surface area contributed by atoms with E-state index in [9.17, 15) is 19.2 Å². The van der Waals surface area contributed by atoms with E-state index in [1.807, 2.05) is 13.8 Å².